The van der Waals surface area contributed by atoms with E-state index in [-0.39, 0.29) is 18.6 Å². The summed E-state index contributed by atoms with van der Waals surface area (Å²) in [5.41, 5.74) is 3.27. The predicted molar refractivity (Wildman–Crippen MR) is 130 cm³/mol. The van der Waals surface area contributed by atoms with Crippen molar-refractivity contribution >= 4 is 46.2 Å². The number of nitrogens with zero attached hydrogens (tertiary/aromatic N) is 1. The molecule has 1 N–H and O–H groups in total. The van der Waals surface area contributed by atoms with E-state index in [2.05, 4.69) is 36.5 Å². The molecule has 8 heteroatoms. The van der Waals surface area contributed by atoms with Crippen molar-refractivity contribution in [1.29, 1.82) is 0 Å². The number of hydrogen-bond donors (Lipinski definition) is 1. The summed E-state index contributed by atoms with van der Waals surface area (Å²) in [5, 5.41) is 2.88. The fourth-order valence-corrected chi connectivity index (χ4v) is 4.75. The Bertz CT molecular complexity index is 1070. The van der Waals surface area contributed by atoms with Crippen LogP contribution >= 0.6 is 24.0 Å². The summed E-state index contributed by atoms with van der Waals surface area (Å²) in [6.45, 7) is 3.03. The van der Waals surface area contributed by atoms with Gasteiger partial charge in [-0.25, -0.2) is 0 Å². The van der Waals surface area contributed by atoms with E-state index in [1.807, 2.05) is 18.2 Å². The average molecular weight is 469 g/mol. The van der Waals surface area contributed by atoms with Gasteiger partial charge in [0, 0.05) is 19.5 Å². The van der Waals surface area contributed by atoms with Crippen molar-refractivity contribution in [3.05, 3.63) is 64.1 Å². The number of benzene rings is 2. The van der Waals surface area contributed by atoms with E-state index in [4.69, 9.17) is 21.7 Å². The quantitative estimate of drug-likeness (QED) is 0.468. The van der Waals surface area contributed by atoms with Crippen LogP contribution in [0.25, 0.3) is 6.08 Å². The lowest BCUT2D eigenvalue weighted by atomic mass is 10.1. The number of fused-ring (bicyclic) bond motifs is 1. The Morgan fingerprint density at radius 3 is 2.69 bits per heavy atom. The highest BCUT2D eigenvalue weighted by Crippen LogP contribution is 2.36. The van der Waals surface area contributed by atoms with E-state index in [0.717, 1.165) is 17.5 Å². The maximum absolute atomic E-state index is 12.8. The number of thiocarbonyl (C=S) groups is 1. The summed E-state index contributed by atoms with van der Waals surface area (Å²) >= 11 is 6.64. The molecule has 6 nitrogen and oxygen atoms in total. The summed E-state index contributed by atoms with van der Waals surface area (Å²) in [6.07, 6.45) is 3.90. The molecule has 0 saturated carbocycles. The summed E-state index contributed by atoms with van der Waals surface area (Å²) in [7, 11) is 0. The first-order valence-electron chi connectivity index (χ1n) is 10.5. The second-order valence-corrected chi connectivity index (χ2v) is 9.14. The van der Waals surface area contributed by atoms with E-state index < -0.39 is 0 Å². The first kappa shape index (κ1) is 22.4. The second kappa shape index (κ2) is 10.2. The summed E-state index contributed by atoms with van der Waals surface area (Å²) in [6, 6.07) is 13.9. The highest BCUT2D eigenvalue weighted by molar-refractivity contribution is 8.26. The molecule has 0 radical (unpaired) electrons. The molecule has 2 aliphatic rings. The molecule has 0 unspecified atom stereocenters. The molecule has 1 saturated heterocycles. The lowest BCUT2D eigenvalue weighted by molar-refractivity contribution is -0.123. The Morgan fingerprint density at radius 1 is 1.16 bits per heavy atom. The van der Waals surface area contributed by atoms with E-state index >= 15 is 0 Å². The third-order valence-corrected chi connectivity index (χ3v) is 6.68. The van der Waals surface area contributed by atoms with Crippen molar-refractivity contribution < 1.29 is 19.1 Å². The van der Waals surface area contributed by atoms with Gasteiger partial charge in [0.15, 0.2) is 11.5 Å². The molecule has 2 aromatic carbocycles. The molecule has 4 rings (SSSR count). The van der Waals surface area contributed by atoms with Crippen molar-refractivity contribution in [2.24, 2.45) is 0 Å². The van der Waals surface area contributed by atoms with E-state index in [0.29, 0.717) is 46.7 Å². The first-order chi connectivity index (χ1) is 15.5. The van der Waals surface area contributed by atoms with Gasteiger partial charge in [-0.1, -0.05) is 61.2 Å². The SMILES string of the molecule is CCc1ccc(CCC(=O)NCCN2C(=O)/C(=C\c3ccc4c(c3)OCO4)SC2=S)cc1. The van der Waals surface area contributed by atoms with Gasteiger partial charge in [0.2, 0.25) is 12.7 Å². The van der Waals surface area contributed by atoms with Crippen molar-refractivity contribution in [3.63, 3.8) is 0 Å². The minimum atomic E-state index is -0.150. The van der Waals surface area contributed by atoms with Gasteiger partial charge in [0.05, 0.1) is 4.91 Å². The number of ether oxygens (including phenoxy) is 2. The van der Waals surface area contributed by atoms with Gasteiger partial charge in [0.1, 0.15) is 4.32 Å². The molecule has 32 heavy (non-hydrogen) atoms. The average Bonchev–Trinajstić information content (AvgIpc) is 3.37. The maximum atomic E-state index is 12.8. The molecule has 0 atom stereocenters. The number of carbonyl (C=O) groups is 2. The van der Waals surface area contributed by atoms with Gasteiger partial charge in [-0.3, -0.25) is 14.5 Å². The lowest BCUT2D eigenvalue weighted by Gasteiger charge is -2.14. The van der Waals surface area contributed by atoms with Crippen LogP contribution in [0.5, 0.6) is 11.5 Å². The Balaban J connectivity index is 1.25. The van der Waals surface area contributed by atoms with E-state index in [1.165, 1.54) is 22.2 Å². The normalized spacial score (nSPS) is 16.2. The molecular formula is C24H24N2O4S2. The van der Waals surface area contributed by atoms with Crippen LogP contribution in [0, 0.1) is 0 Å². The van der Waals surface area contributed by atoms with Crippen LogP contribution in [-0.2, 0) is 22.4 Å². The van der Waals surface area contributed by atoms with E-state index in [9.17, 15) is 9.59 Å². The monoisotopic (exact) mass is 468 g/mol. The van der Waals surface area contributed by atoms with Crippen LogP contribution in [0.3, 0.4) is 0 Å². The first-order valence-corrected chi connectivity index (χ1v) is 11.8. The highest BCUT2D eigenvalue weighted by Gasteiger charge is 2.31. The van der Waals surface area contributed by atoms with Gasteiger partial charge in [-0.05, 0) is 47.7 Å². The third kappa shape index (κ3) is 5.31. The Hall–Kier alpha value is -2.84. The fourth-order valence-electron chi connectivity index (χ4n) is 3.44. The second-order valence-electron chi connectivity index (χ2n) is 7.47. The van der Waals surface area contributed by atoms with Crippen LogP contribution in [0.2, 0.25) is 0 Å². The lowest BCUT2D eigenvalue weighted by Crippen LogP contribution is -2.37. The minimum absolute atomic E-state index is 0.0362. The van der Waals surface area contributed by atoms with Gasteiger partial charge >= 0.3 is 0 Å². The zero-order chi connectivity index (χ0) is 22.5. The molecule has 2 amide bonds. The van der Waals surface area contributed by atoms with Gasteiger partial charge in [-0.15, -0.1) is 0 Å². The van der Waals surface area contributed by atoms with Gasteiger partial charge < -0.3 is 14.8 Å². The van der Waals surface area contributed by atoms with Crippen molar-refractivity contribution in [2.45, 2.75) is 26.2 Å². The van der Waals surface area contributed by atoms with Gasteiger partial charge in [-0.2, -0.15) is 0 Å². The Morgan fingerprint density at radius 2 is 1.91 bits per heavy atom. The molecule has 2 aliphatic heterocycles. The number of carbonyl (C=O) groups excluding carboxylic acids is 2. The number of hydrogen-bond acceptors (Lipinski definition) is 6. The molecule has 1 fully saturated rings. The van der Waals surface area contributed by atoms with Crippen molar-refractivity contribution in [2.75, 3.05) is 19.9 Å². The molecule has 0 bridgehead atoms. The highest BCUT2D eigenvalue weighted by atomic mass is 32.2. The summed E-state index contributed by atoms with van der Waals surface area (Å²) < 4.78 is 11.2. The van der Waals surface area contributed by atoms with E-state index in [1.54, 1.807) is 6.08 Å². The van der Waals surface area contributed by atoms with Crippen molar-refractivity contribution in [1.82, 2.24) is 10.2 Å². The largest absolute Gasteiger partial charge is 0.454 e. The molecule has 0 aromatic heterocycles. The summed E-state index contributed by atoms with van der Waals surface area (Å²) in [4.78, 5) is 27.0. The molecule has 0 spiro atoms. The number of rotatable bonds is 8. The fraction of sp³-hybridized carbons (Fsp3) is 0.292. The zero-order valence-electron chi connectivity index (χ0n) is 17.8. The Labute approximate surface area is 197 Å². The van der Waals surface area contributed by atoms with Crippen LogP contribution in [0.15, 0.2) is 47.4 Å². The smallest absolute Gasteiger partial charge is 0.266 e. The van der Waals surface area contributed by atoms with Crippen molar-refractivity contribution in [3.8, 4) is 11.5 Å². The molecule has 2 aromatic rings. The van der Waals surface area contributed by atoms with Gasteiger partial charge in [0.25, 0.3) is 5.91 Å². The molecular weight excluding hydrogens is 444 g/mol. The summed E-state index contributed by atoms with van der Waals surface area (Å²) in [5.74, 6) is 1.18. The minimum Gasteiger partial charge on any atom is -0.454 e. The predicted octanol–water partition coefficient (Wildman–Crippen LogP) is 3.93. The zero-order valence-corrected chi connectivity index (χ0v) is 19.4. The van der Waals surface area contributed by atoms with Crippen LogP contribution in [0.4, 0.5) is 0 Å². The maximum Gasteiger partial charge on any atom is 0.266 e. The molecule has 2 heterocycles. The van der Waals surface area contributed by atoms with Crippen LogP contribution in [0.1, 0.15) is 30.0 Å². The number of thioether (sulfide) groups is 1. The van der Waals surface area contributed by atoms with Crippen LogP contribution in [-0.4, -0.2) is 40.9 Å². The Kier molecular flexibility index (Phi) is 7.12. The third-order valence-electron chi connectivity index (χ3n) is 5.30. The number of aryl methyl sites for hydroxylation is 2. The standard InChI is InChI=1S/C24H24N2O4S2/c1-2-16-3-5-17(6-4-16)8-10-22(27)25-11-12-26-23(28)21(32-24(26)31)14-18-7-9-19-20(13-18)30-15-29-19/h3-7,9,13-14H,2,8,10-12,15H2,1H3,(H,25,27)/b21-14+. The topological polar surface area (TPSA) is 67.9 Å². The van der Waals surface area contributed by atoms with Crippen LogP contribution < -0.4 is 14.8 Å². The number of amides is 2. The molecule has 0 aliphatic carbocycles. The number of nitrogens with one attached hydrogen (secondary N) is 1. The molecule has 166 valence electrons.